The predicted octanol–water partition coefficient (Wildman–Crippen LogP) is 0.305. The molecule has 15 heavy (non-hydrogen) atoms. The topological polar surface area (TPSA) is 58.2 Å². The van der Waals surface area contributed by atoms with Crippen LogP contribution in [-0.4, -0.2) is 36.3 Å². The Balaban J connectivity index is 2.23. The van der Waals surface area contributed by atoms with Gasteiger partial charge in [-0.05, 0) is 13.3 Å². The maximum atomic E-state index is 11.3. The molecule has 0 radical (unpaired) electrons. The number of aromatic nitrogens is 2. The number of hydrogen-bond donors (Lipinski definition) is 1. The molecule has 0 aliphatic carbocycles. The molecular formula is C10H15N3O2. The average molecular weight is 209 g/mol. The monoisotopic (exact) mass is 209 g/mol. The standard InChI is InChI=1S/C10H15N3O2/c1-8-11-9(7-10(14)12-8)13-3-2-5-15-6-4-13/h7H,2-6H2,1H3,(H,11,12,14). The fourth-order valence-electron chi connectivity index (χ4n) is 1.70. The van der Waals surface area contributed by atoms with E-state index in [9.17, 15) is 4.79 Å². The molecule has 1 N–H and O–H groups in total. The summed E-state index contributed by atoms with van der Waals surface area (Å²) < 4.78 is 5.35. The van der Waals surface area contributed by atoms with Crippen molar-refractivity contribution in [2.24, 2.45) is 0 Å². The first-order valence-corrected chi connectivity index (χ1v) is 5.16. The molecule has 1 aromatic rings. The van der Waals surface area contributed by atoms with E-state index in [4.69, 9.17) is 4.74 Å². The van der Waals surface area contributed by atoms with Crippen LogP contribution in [0.2, 0.25) is 0 Å². The Kier molecular flexibility index (Phi) is 3.01. The van der Waals surface area contributed by atoms with Gasteiger partial charge in [-0.2, -0.15) is 0 Å². The molecule has 82 valence electrons. The van der Waals surface area contributed by atoms with Gasteiger partial charge in [-0.25, -0.2) is 4.98 Å². The van der Waals surface area contributed by atoms with E-state index < -0.39 is 0 Å². The van der Waals surface area contributed by atoms with Crippen LogP contribution in [0.4, 0.5) is 5.82 Å². The summed E-state index contributed by atoms with van der Waals surface area (Å²) in [5.74, 6) is 1.41. The molecule has 0 amide bonds. The third kappa shape index (κ3) is 2.56. The minimum Gasteiger partial charge on any atom is -0.380 e. The van der Waals surface area contributed by atoms with Gasteiger partial charge in [-0.3, -0.25) is 4.79 Å². The summed E-state index contributed by atoms with van der Waals surface area (Å²) in [5, 5.41) is 0. The van der Waals surface area contributed by atoms with E-state index >= 15 is 0 Å². The SMILES string of the molecule is Cc1nc(N2CCCOCC2)cc(=O)[nH]1. The Morgan fingerprint density at radius 2 is 2.33 bits per heavy atom. The number of hydrogen-bond acceptors (Lipinski definition) is 4. The van der Waals surface area contributed by atoms with E-state index in [1.165, 1.54) is 0 Å². The fraction of sp³-hybridized carbons (Fsp3) is 0.600. The molecule has 1 aliphatic heterocycles. The second-order valence-corrected chi connectivity index (χ2v) is 3.64. The Morgan fingerprint density at radius 3 is 3.13 bits per heavy atom. The molecule has 0 aromatic carbocycles. The maximum Gasteiger partial charge on any atom is 0.252 e. The van der Waals surface area contributed by atoms with Gasteiger partial charge in [-0.15, -0.1) is 0 Å². The summed E-state index contributed by atoms with van der Waals surface area (Å²) in [6.45, 7) is 4.98. The van der Waals surface area contributed by atoms with Crippen molar-refractivity contribution in [2.75, 3.05) is 31.2 Å². The van der Waals surface area contributed by atoms with Gasteiger partial charge in [0.2, 0.25) is 0 Å². The van der Waals surface area contributed by atoms with E-state index in [1.807, 2.05) is 0 Å². The van der Waals surface area contributed by atoms with E-state index in [1.54, 1.807) is 13.0 Å². The molecule has 5 heteroatoms. The van der Waals surface area contributed by atoms with Crippen LogP contribution >= 0.6 is 0 Å². The van der Waals surface area contributed by atoms with Crippen LogP contribution in [0.15, 0.2) is 10.9 Å². The normalized spacial score (nSPS) is 17.5. The molecule has 5 nitrogen and oxygen atoms in total. The Hall–Kier alpha value is -1.36. The lowest BCUT2D eigenvalue weighted by molar-refractivity contribution is 0.152. The molecule has 0 unspecified atom stereocenters. The highest BCUT2D eigenvalue weighted by Gasteiger charge is 2.11. The first-order chi connectivity index (χ1) is 7.25. The Morgan fingerprint density at radius 1 is 1.47 bits per heavy atom. The van der Waals surface area contributed by atoms with Gasteiger partial charge in [0, 0.05) is 25.8 Å². The van der Waals surface area contributed by atoms with Crippen LogP contribution in [0.1, 0.15) is 12.2 Å². The zero-order valence-electron chi connectivity index (χ0n) is 8.82. The average Bonchev–Trinajstić information content (AvgIpc) is 2.43. The van der Waals surface area contributed by atoms with Gasteiger partial charge >= 0.3 is 0 Å². The zero-order valence-corrected chi connectivity index (χ0v) is 8.82. The number of rotatable bonds is 1. The van der Waals surface area contributed by atoms with Crippen molar-refractivity contribution in [3.8, 4) is 0 Å². The van der Waals surface area contributed by atoms with Crippen molar-refractivity contribution in [1.82, 2.24) is 9.97 Å². The number of nitrogens with one attached hydrogen (secondary N) is 1. The van der Waals surface area contributed by atoms with Crippen LogP contribution < -0.4 is 10.5 Å². The molecule has 1 saturated heterocycles. The minimum absolute atomic E-state index is 0.0948. The van der Waals surface area contributed by atoms with Crippen LogP contribution in [0, 0.1) is 6.92 Å². The third-order valence-corrected chi connectivity index (χ3v) is 2.39. The van der Waals surface area contributed by atoms with Crippen LogP contribution in [0.25, 0.3) is 0 Å². The Labute approximate surface area is 88.1 Å². The van der Waals surface area contributed by atoms with Gasteiger partial charge in [0.15, 0.2) is 0 Å². The van der Waals surface area contributed by atoms with Gasteiger partial charge in [0.05, 0.1) is 6.61 Å². The smallest absolute Gasteiger partial charge is 0.252 e. The third-order valence-electron chi connectivity index (χ3n) is 2.39. The molecule has 1 aliphatic rings. The van der Waals surface area contributed by atoms with Gasteiger partial charge in [0.1, 0.15) is 11.6 Å². The number of H-pyrrole nitrogens is 1. The molecule has 1 fully saturated rings. The molecule has 2 heterocycles. The van der Waals surface area contributed by atoms with Gasteiger partial charge < -0.3 is 14.6 Å². The van der Waals surface area contributed by atoms with Crippen molar-refractivity contribution in [1.29, 1.82) is 0 Å². The summed E-state index contributed by atoms with van der Waals surface area (Å²) in [4.78, 5) is 20.3. The summed E-state index contributed by atoms with van der Waals surface area (Å²) >= 11 is 0. The van der Waals surface area contributed by atoms with E-state index in [0.717, 1.165) is 31.9 Å². The largest absolute Gasteiger partial charge is 0.380 e. The molecule has 1 aromatic heterocycles. The van der Waals surface area contributed by atoms with Crippen molar-refractivity contribution >= 4 is 5.82 Å². The van der Waals surface area contributed by atoms with Crippen LogP contribution in [0.5, 0.6) is 0 Å². The quantitative estimate of drug-likeness (QED) is 0.723. The second kappa shape index (κ2) is 4.44. The zero-order chi connectivity index (χ0) is 10.7. The lowest BCUT2D eigenvalue weighted by atomic mass is 10.4. The summed E-state index contributed by atoms with van der Waals surface area (Å²) in [5.41, 5.74) is -0.0948. The van der Waals surface area contributed by atoms with E-state index in [2.05, 4.69) is 14.9 Å². The predicted molar refractivity (Wildman–Crippen MR) is 57.2 cm³/mol. The van der Waals surface area contributed by atoms with E-state index in [-0.39, 0.29) is 5.56 Å². The summed E-state index contributed by atoms with van der Waals surface area (Å²) in [7, 11) is 0. The molecular weight excluding hydrogens is 194 g/mol. The maximum absolute atomic E-state index is 11.3. The highest BCUT2D eigenvalue weighted by Crippen LogP contribution is 2.10. The molecule has 0 bridgehead atoms. The van der Waals surface area contributed by atoms with Crippen LogP contribution in [0.3, 0.4) is 0 Å². The van der Waals surface area contributed by atoms with Crippen molar-refractivity contribution in [3.63, 3.8) is 0 Å². The fourth-order valence-corrected chi connectivity index (χ4v) is 1.70. The number of nitrogens with zero attached hydrogens (tertiary/aromatic N) is 2. The van der Waals surface area contributed by atoms with Crippen molar-refractivity contribution < 1.29 is 4.74 Å². The minimum atomic E-state index is -0.0948. The highest BCUT2D eigenvalue weighted by atomic mass is 16.5. The summed E-state index contributed by atoms with van der Waals surface area (Å²) in [6, 6.07) is 1.54. The van der Waals surface area contributed by atoms with E-state index in [0.29, 0.717) is 12.4 Å². The summed E-state index contributed by atoms with van der Waals surface area (Å²) in [6.07, 6.45) is 0.980. The first kappa shape index (κ1) is 10.2. The molecule has 0 atom stereocenters. The second-order valence-electron chi connectivity index (χ2n) is 3.64. The number of anilines is 1. The number of ether oxygens (including phenoxy) is 1. The molecule has 0 saturated carbocycles. The Bertz CT molecular complexity index is 380. The van der Waals surface area contributed by atoms with Crippen molar-refractivity contribution in [3.05, 3.63) is 22.2 Å². The number of aryl methyl sites for hydroxylation is 1. The highest BCUT2D eigenvalue weighted by molar-refractivity contribution is 5.37. The van der Waals surface area contributed by atoms with Gasteiger partial charge in [0.25, 0.3) is 5.56 Å². The van der Waals surface area contributed by atoms with Gasteiger partial charge in [-0.1, -0.05) is 0 Å². The first-order valence-electron chi connectivity index (χ1n) is 5.16. The lowest BCUT2D eigenvalue weighted by Gasteiger charge is -2.20. The lowest BCUT2D eigenvalue weighted by Crippen LogP contribution is -2.28. The molecule has 2 rings (SSSR count). The number of aromatic amines is 1. The molecule has 0 spiro atoms. The van der Waals surface area contributed by atoms with Crippen LogP contribution in [-0.2, 0) is 4.74 Å². The van der Waals surface area contributed by atoms with Crippen molar-refractivity contribution in [2.45, 2.75) is 13.3 Å².